The number of hydrogen-bond donors (Lipinski definition) is 5. The molecule has 0 saturated carbocycles. The van der Waals surface area contributed by atoms with Crippen LogP contribution in [-0.4, -0.2) is 23.6 Å². The molecule has 4 aromatic carbocycles. The van der Waals surface area contributed by atoms with Crippen molar-refractivity contribution in [1.82, 2.24) is 0 Å². The first kappa shape index (κ1) is 41.7. The molecule has 0 aromatic heterocycles. The van der Waals surface area contributed by atoms with Crippen molar-refractivity contribution in [3.63, 3.8) is 0 Å². The number of aliphatic hydroxyl groups excluding tert-OH is 1. The first-order valence-electron chi connectivity index (χ1n) is 18.6. The van der Waals surface area contributed by atoms with Gasteiger partial charge in [-0.25, -0.2) is 9.59 Å². The largest absolute Gasteiger partial charge is 0.447 e. The molecule has 54 heavy (non-hydrogen) atoms. The molecule has 0 radical (unpaired) electrons. The van der Waals surface area contributed by atoms with E-state index in [1.807, 2.05) is 68.4 Å². The van der Waals surface area contributed by atoms with Crippen LogP contribution in [0.3, 0.4) is 0 Å². The van der Waals surface area contributed by atoms with Crippen LogP contribution in [0.2, 0.25) is 0 Å². The molecular weight excluding hydrogens is 677 g/mol. The second-order valence-corrected chi connectivity index (χ2v) is 18.1. The number of benzene rings is 4. The van der Waals surface area contributed by atoms with Gasteiger partial charge in [0.05, 0.1) is 0 Å². The van der Waals surface area contributed by atoms with E-state index in [1.165, 1.54) is 11.1 Å². The highest BCUT2D eigenvalue weighted by Gasteiger charge is 2.28. The number of hydrogen-bond acceptors (Lipinski definition) is 6. The normalized spacial score (nSPS) is 12.8. The number of ether oxygens (including phenoxy) is 2. The summed E-state index contributed by atoms with van der Waals surface area (Å²) in [6.07, 6.45) is 0.0814. The molecule has 1 unspecified atom stereocenters. The van der Waals surface area contributed by atoms with Crippen molar-refractivity contribution < 1.29 is 24.2 Å². The topological polar surface area (TPSA) is 121 Å². The van der Waals surface area contributed by atoms with Gasteiger partial charge in [-0.1, -0.05) is 106 Å². The minimum Gasteiger partial charge on any atom is -0.447 e. The Labute approximate surface area is 322 Å². The summed E-state index contributed by atoms with van der Waals surface area (Å²) in [6.45, 7) is 26.1. The molecule has 0 aliphatic rings. The summed E-state index contributed by atoms with van der Waals surface area (Å²) in [6, 6.07) is 25.5. The fraction of sp³-hybridized carbons (Fsp3) is 0.422. The van der Waals surface area contributed by atoms with E-state index >= 15 is 0 Å². The van der Waals surface area contributed by atoms with Crippen LogP contribution in [0.15, 0.2) is 84.9 Å². The molecule has 4 rings (SSSR count). The lowest BCUT2D eigenvalue weighted by molar-refractivity contribution is 0.00767. The molecule has 4 aromatic rings. The van der Waals surface area contributed by atoms with Gasteiger partial charge in [0.2, 0.25) is 0 Å². The van der Waals surface area contributed by atoms with E-state index in [-0.39, 0.29) is 21.7 Å². The van der Waals surface area contributed by atoms with E-state index in [0.717, 1.165) is 24.0 Å². The molecule has 0 fully saturated rings. The summed E-state index contributed by atoms with van der Waals surface area (Å²) in [5.41, 5.74) is 6.44. The van der Waals surface area contributed by atoms with Crippen LogP contribution in [0, 0.1) is 24.7 Å². The molecule has 0 spiro atoms. The second kappa shape index (κ2) is 16.6. The Kier molecular flexibility index (Phi) is 12.8. The van der Waals surface area contributed by atoms with E-state index < -0.39 is 18.5 Å². The maximum Gasteiger partial charge on any atom is 0.417 e. The molecule has 9 nitrogen and oxygen atoms in total. The van der Waals surface area contributed by atoms with Crippen molar-refractivity contribution in [1.29, 1.82) is 0 Å². The summed E-state index contributed by atoms with van der Waals surface area (Å²) in [5.74, 6) is 0.965. The molecular formula is C45H60N4O5. The number of nitrogens with one attached hydrogen (secondary N) is 4. The fourth-order valence-corrected chi connectivity index (χ4v) is 7.33. The van der Waals surface area contributed by atoms with E-state index in [1.54, 1.807) is 30.3 Å². The summed E-state index contributed by atoms with van der Waals surface area (Å²) in [4.78, 5) is 25.9. The molecule has 0 bridgehead atoms. The Balaban J connectivity index is 1.32. The third kappa shape index (κ3) is 12.5. The lowest BCUT2D eigenvalue weighted by atomic mass is 9.72. The molecule has 3 amide bonds. The highest BCUT2D eigenvalue weighted by atomic mass is 16.6. The monoisotopic (exact) mass is 736 g/mol. The highest BCUT2D eigenvalue weighted by Crippen LogP contribution is 2.38. The Morgan fingerprint density at radius 1 is 0.593 bits per heavy atom. The Morgan fingerprint density at radius 2 is 1.02 bits per heavy atom. The van der Waals surface area contributed by atoms with Gasteiger partial charge in [-0.15, -0.1) is 0 Å². The molecule has 290 valence electrons. The van der Waals surface area contributed by atoms with Gasteiger partial charge in [0.15, 0.2) is 0 Å². The van der Waals surface area contributed by atoms with Gasteiger partial charge >= 0.3 is 12.1 Å². The minimum absolute atomic E-state index is 0.00523. The first-order chi connectivity index (χ1) is 25.0. The Morgan fingerprint density at radius 3 is 1.48 bits per heavy atom. The molecule has 0 aliphatic heterocycles. The Bertz CT molecular complexity index is 1900. The standard InChI is InChI=1S/C45H60N4O5/c1-29-13-19-33(25-37(29)48-40(51)53-35-21-15-31(16-22-35)44(9,10)27-42(3,4)5)46-39(50)47-34-20-14-30(2)38(26-34)49-41(52)54-36-23-17-32(18-24-36)45(11,12)28-43(6,7)8/h13-26,40,48,51H,27-28H2,1-12H3,(H,49,52)(H2,46,47,50). The SMILES string of the molecule is Cc1ccc(NC(=O)Nc2ccc(C)c(NC(O)Oc3ccc(C(C)(C)CC(C)(C)C)cc3)c2)cc1NC(=O)Oc1ccc(C(C)(C)CC(C)(C)C)cc1. The zero-order chi connectivity index (χ0) is 40.1. The third-order valence-corrected chi connectivity index (χ3v) is 9.18. The van der Waals surface area contributed by atoms with Gasteiger partial charge in [-0.3, -0.25) is 5.32 Å². The highest BCUT2D eigenvalue weighted by molar-refractivity contribution is 6.00. The summed E-state index contributed by atoms with van der Waals surface area (Å²) < 4.78 is 11.3. The van der Waals surface area contributed by atoms with Crippen molar-refractivity contribution in [2.45, 2.75) is 113 Å². The van der Waals surface area contributed by atoms with Gasteiger partial charge in [-0.05, 0) is 119 Å². The second-order valence-electron chi connectivity index (χ2n) is 18.1. The van der Waals surface area contributed by atoms with Gasteiger partial charge < -0.3 is 30.5 Å². The quantitative estimate of drug-likeness (QED) is 0.0923. The fourth-order valence-electron chi connectivity index (χ4n) is 7.33. The average molecular weight is 737 g/mol. The van der Waals surface area contributed by atoms with Gasteiger partial charge in [0.25, 0.3) is 6.41 Å². The van der Waals surface area contributed by atoms with Crippen molar-refractivity contribution in [2.75, 3.05) is 21.3 Å². The number of aliphatic hydroxyl groups is 1. The van der Waals surface area contributed by atoms with E-state index in [0.29, 0.717) is 34.2 Å². The molecule has 9 heteroatoms. The molecule has 0 heterocycles. The van der Waals surface area contributed by atoms with Crippen LogP contribution in [-0.2, 0) is 10.8 Å². The number of carbonyl (C=O) groups excluding carboxylic acids is 2. The van der Waals surface area contributed by atoms with Crippen LogP contribution in [0.25, 0.3) is 0 Å². The van der Waals surface area contributed by atoms with Crippen molar-refractivity contribution in [2.24, 2.45) is 10.8 Å². The Hall–Kier alpha value is -5.02. The van der Waals surface area contributed by atoms with Crippen LogP contribution < -0.4 is 30.7 Å². The third-order valence-electron chi connectivity index (χ3n) is 9.18. The molecule has 1 atom stereocenters. The molecule has 0 aliphatic carbocycles. The van der Waals surface area contributed by atoms with Gasteiger partial charge in [0, 0.05) is 22.7 Å². The van der Waals surface area contributed by atoms with Gasteiger partial charge in [-0.2, -0.15) is 0 Å². The smallest absolute Gasteiger partial charge is 0.417 e. The maximum absolute atomic E-state index is 13.0. The molecule has 0 saturated heterocycles. The number of amides is 3. The average Bonchev–Trinajstić information content (AvgIpc) is 3.02. The summed E-state index contributed by atoms with van der Waals surface area (Å²) in [7, 11) is 0. The number of urea groups is 1. The van der Waals surface area contributed by atoms with E-state index in [4.69, 9.17) is 9.47 Å². The zero-order valence-electron chi connectivity index (χ0n) is 34.2. The first-order valence-corrected chi connectivity index (χ1v) is 18.6. The lowest BCUT2D eigenvalue weighted by Gasteiger charge is -2.33. The van der Waals surface area contributed by atoms with Gasteiger partial charge in [0.1, 0.15) is 11.5 Å². The van der Waals surface area contributed by atoms with Crippen molar-refractivity contribution >= 4 is 34.9 Å². The lowest BCUT2D eigenvalue weighted by Crippen LogP contribution is -2.27. The zero-order valence-corrected chi connectivity index (χ0v) is 34.2. The van der Waals surface area contributed by atoms with E-state index in [9.17, 15) is 14.7 Å². The number of aryl methyl sites for hydroxylation is 2. The van der Waals surface area contributed by atoms with E-state index in [2.05, 4.69) is 90.5 Å². The number of rotatable bonds is 12. The number of carbonyl (C=O) groups is 2. The summed E-state index contributed by atoms with van der Waals surface area (Å²) >= 11 is 0. The van der Waals surface area contributed by atoms with Crippen LogP contribution in [0.4, 0.5) is 32.3 Å². The maximum atomic E-state index is 13.0. The van der Waals surface area contributed by atoms with Crippen LogP contribution in [0.5, 0.6) is 11.5 Å². The van der Waals surface area contributed by atoms with Crippen LogP contribution >= 0.6 is 0 Å². The minimum atomic E-state index is -1.32. The predicted octanol–water partition coefficient (Wildman–Crippen LogP) is 11.8. The summed E-state index contributed by atoms with van der Waals surface area (Å²) in [5, 5.41) is 22.1. The number of anilines is 4. The van der Waals surface area contributed by atoms with Crippen LogP contribution in [0.1, 0.15) is 104 Å². The van der Waals surface area contributed by atoms with Crippen molar-refractivity contribution in [3.8, 4) is 11.5 Å². The molecule has 5 N–H and O–H groups in total. The van der Waals surface area contributed by atoms with Crippen molar-refractivity contribution in [3.05, 3.63) is 107 Å². The predicted molar refractivity (Wildman–Crippen MR) is 222 cm³/mol.